The molecule has 0 saturated heterocycles. The second-order valence-corrected chi connectivity index (χ2v) is 6.15. The van der Waals surface area contributed by atoms with Gasteiger partial charge in [0.25, 0.3) is 0 Å². The quantitative estimate of drug-likeness (QED) is 0.791. The monoisotopic (exact) mass is 264 g/mol. The summed E-state index contributed by atoms with van der Waals surface area (Å²) in [5.41, 5.74) is 3.57. The van der Waals surface area contributed by atoms with Crippen LogP contribution in [0.2, 0.25) is 0 Å². The fourth-order valence-corrected chi connectivity index (χ4v) is 2.88. The SMILES string of the molecule is CC1(C)CC(=O)c2ccn(-c3ccc(C#N)cc3)c2C1. The van der Waals surface area contributed by atoms with E-state index >= 15 is 0 Å². The van der Waals surface area contributed by atoms with E-state index in [1.54, 1.807) is 12.1 Å². The van der Waals surface area contributed by atoms with Gasteiger partial charge in [-0.2, -0.15) is 5.26 Å². The van der Waals surface area contributed by atoms with Crippen LogP contribution in [0.25, 0.3) is 5.69 Å². The topological polar surface area (TPSA) is 45.8 Å². The Hall–Kier alpha value is -2.34. The van der Waals surface area contributed by atoms with Crippen LogP contribution in [-0.2, 0) is 6.42 Å². The van der Waals surface area contributed by atoms with E-state index in [0.717, 1.165) is 23.4 Å². The van der Waals surface area contributed by atoms with E-state index in [2.05, 4.69) is 24.5 Å². The first-order valence-corrected chi connectivity index (χ1v) is 6.74. The Morgan fingerprint density at radius 3 is 2.50 bits per heavy atom. The summed E-state index contributed by atoms with van der Waals surface area (Å²) >= 11 is 0. The number of hydrogen-bond acceptors (Lipinski definition) is 2. The third kappa shape index (κ3) is 2.04. The minimum absolute atomic E-state index is 0.00673. The summed E-state index contributed by atoms with van der Waals surface area (Å²) in [7, 11) is 0. The van der Waals surface area contributed by atoms with E-state index in [1.807, 2.05) is 24.4 Å². The second-order valence-electron chi connectivity index (χ2n) is 6.15. The number of carbonyl (C=O) groups excluding carboxylic acids is 1. The zero-order chi connectivity index (χ0) is 14.3. The highest BCUT2D eigenvalue weighted by Crippen LogP contribution is 2.36. The normalized spacial score (nSPS) is 16.6. The smallest absolute Gasteiger partial charge is 0.165 e. The molecule has 100 valence electrons. The van der Waals surface area contributed by atoms with Crippen molar-refractivity contribution in [2.45, 2.75) is 26.7 Å². The molecule has 0 atom stereocenters. The Bertz CT molecular complexity index is 714. The fourth-order valence-electron chi connectivity index (χ4n) is 2.88. The van der Waals surface area contributed by atoms with Crippen LogP contribution >= 0.6 is 0 Å². The van der Waals surface area contributed by atoms with Gasteiger partial charge in [0.2, 0.25) is 0 Å². The van der Waals surface area contributed by atoms with E-state index in [0.29, 0.717) is 12.0 Å². The maximum Gasteiger partial charge on any atom is 0.165 e. The van der Waals surface area contributed by atoms with Crippen molar-refractivity contribution in [3.8, 4) is 11.8 Å². The zero-order valence-corrected chi connectivity index (χ0v) is 11.7. The van der Waals surface area contributed by atoms with E-state index in [-0.39, 0.29) is 11.2 Å². The highest BCUT2D eigenvalue weighted by molar-refractivity contribution is 5.99. The van der Waals surface area contributed by atoms with Crippen LogP contribution in [-0.4, -0.2) is 10.4 Å². The van der Waals surface area contributed by atoms with Crippen molar-refractivity contribution in [1.82, 2.24) is 4.57 Å². The van der Waals surface area contributed by atoms with Crippen molar-refractivity contribution < 1.29 is 4.79 Å². The lowest BCUT2D eigenvalue weighted by Crippen LogP contribution is -2.27. The lowest BCUT2D eigenvalue weighted by molar-refractivity contribution is 0.0911. The predicted octanol–water partition coefficient (Wildman–Crippen LogP) is 3.50. The lowest BCUT2D eigenvalue weighted by atomic mass is 9.76. The third-order valence-corrected chi connectivity index (χ3v) is 3.85. The van der Waals surface area contributed by atoms with Gasteiger partial charge in [-0.1, -0.05) is 13.8 Å². The van der Waals surface area contributed by atoms with Crippen molar-refractivity contribution >= 4 is 5.78 Å². The van der Waals surface area contributed by atoms with Gasteiger partial charge in [-0.3, -0.25) is 4.79 Å². The Morgan fingerprint density at radius 2 is 1.85 bits per heavy atom. The summed E-state index contributed by atoms with van der Waals surface area (Å²) in [6.45, 7) is 4.26. The number of nitriles is 1. The molecule has 0 aliphatic heterocycles. The number of aromatic nitrogens is 1. The molecule has 1 aromatic carbocycles. The number of benzene rings is 1. The molecule has 0 N–H and O–H groups in total. The van der Waals surface area contributed by atoms with E-state index < -0.39 is 0 Å². The van der Waals surface area contributed by atoms with Crippen molar-refractivity contribution in [3.63, 3.8) is 0 Å². The minimum atomic E-state index is 0.00673. The van der Waals surface area contributed by atoms with E-state index in [1.165, 1.54) is 0 Å². The van der Waals surface area contributed by atoms with Gasteiger partial charge in [0, 0.05) is 29.6 Å². The number of fused-ring (bicyclic) bond motifs is 1. The molecule has 0 saturated carbocycles. The van der Waals surface area contributed by atoms with Crippen LogP contribution < -0.4 is 0 Å². The molecule has 0 unspecified atom stereocenters. The average molecular weight is 264 g/mol. The Morgan fingerprint density at radius 1 is 1.15 bits per heavy atom. The van der Waals surface area contributed by atoms with Gasteiger partial charge in [0.05, 0.1) is 11.6 Å². The molecular weight excluding hydrogens is 248 g/mol. The molecule has 2 aromatic rings. The fraction of sp³-hybridized carbons (Fsp3) is 0.294. The summed E-state index contributed by atoms with van der Waals surface area (Å²) in [5.74, 6) is 0.226. The van der Waals surface area contributed by atoms with Gasteiger partial charge in [-0.05, 0) is 42.2 Å². The van der Waals surface area contributed by atoms with Gasteiger partial charge in [0.15, 0.2) is 5.78 Å². The van der Waals surface area contributed by atoms with Crippen molar-refractivity contribution in [1.29, 1.82) is 5.26 Å². The molecule has 1 heterocycles. The average Bonchev–Trinajstić information content (AvgIpc) is 2.81. The number of carbonyl (C=O) groups is 1. The molecule has 1 aliphatic carbocycles. The van der Waals surface area contributed by atoms with Crippen LogP contribution in [0, 0.1) is 16.7 Å². The molecule has 20 heavy (non-hydrogen) atoms. The largest absolute Gasteiger partial charge is 0.320 e. The number of ketones is 1. The Kier molecular flexibility index (Phi) is 2.76. The Balaban J connectivity index is 2.08. The number of rotatable bonds is 1. The van der Waals surface area contributed by atoms with Gasteiger partial charge in [-0.25, -0.2) is 0 Å². The van der Waals surface area contributed by atoms with E-state index in [4.69, 9.17) is 5.26 Å². The molecular formula is C17H16N2O. The number of Topliss-reactive ketones (excluding diaryl/α,β-unsaturated/α-hetero) is 1. The first kappa shape index (κ1) is 12.7. The van der Waals surface area contributed by atoms with Crippen LogP contribution in [0.5, 0.6) is 0 Å². The predicted molar refractivity (Wildman–Crippen MR) is 76.9 cm³/mol. The standard InChI is InChI=1S/C17H16N2O/c1-17(2)9-15-14(16(20)10-17)7-8-19(15)13-5-3-12(11-18)4-6-13/h3-8H,9-10H2,1-2H3. The zero-order valence-electron chi connectivity index (χ0n) is 11.7. The molecule has 0 radical (unpaired) electrons. The number of nitrogens with zero attached hydrogens (tertiary/aromatic N) is 2. The summed E-state index contributed by atoms with van der Waals surface area (Å²) in [6, 6.07) is 11.5. The van der Waals surface area contributed by atoms with Crippen LogP contribution in [0.15, 0.2) is 36.5 Å². The molecule has 1 aromatic heterocycles. The first-order valence-electron chi connectivity index (χ1n) is 6.74. The summed E-state index contributed by atoms with van der Waals surface area (Å²) in [4.78, 5) is 12.2. The first-order chi connectivity index (χ1) is 9.50. The summed E-state index contributed by atoms with van der Waals surface area (Å²) in [5, 5.41) is 8.85. The maximum atomic E-state index is 12.2. The molecule has 0 spiro atoms. The minimum Gasteiger partial charge on any atom is -0.320 e. The molecule has 0 fully saturated rings. The molecule has 0 amide bonds. The summed E-state index contributed by atoms with van der Waals surface area (Å²) < 4.78 is 2.06. The van der Waals surface area contributed by atoms with Gasteiger partial charge in [0.1, 0.15) is 0 Å². The van der Waals surface area contributed by atoms with Crippen molar-refractivity contribution in [2.75, 3.05) is 0 Å². The Labute approximate surface area is 118 Å². The summed E-state index contributed by atoms with van der Waals surface area (Å²) in [6.07, 6.45) is 3.45. The van der Waals surface area contributed by atoms with Gasteiger partial charge in [-0.15, -0.1) is 0 Å². The molecule has 3 rings (SSSR count). The van der Waals surface area contributed by atoms with Gasteiger partial charge >= 0.3 is 0 Å². The highest BCUT2D eigenvalue weighted by atomic mass is 16.1. The lowest BCUT2D eigenvalue weighted by Gasteiger charge is -2.29. The molecule has 0 bridgehead atoms. The van der Waals surface area contributed by atoms with Crippen molar-refractivity contribution in [2.24, 2.45) is 5.41 Å². The van der Waals surface area contributed by atoms with E-state index in [9.17, 15) is 4.79 Å². The van der Waals surface area contributed by atoms with Crippen LogP contribution in [0.1, 0.15) is 41.9 Å². The molecule has 1 aliphatic rings. The molecule has 3 nitrogen and oxygen atoms in total. The van der Waals surface area contributed by atoms with Crippen LogP contribution in [0.4, 0.5) is 0 Å². The maximum absolute atomic E-state index is 12.2. The highest BCUT2D eigenvalue weighted by Gasteiger charge is 2.33. The third-order valence-electron chi connectivity index (χ3n) is 3.85. The van der Waals surface area contributed by atoms with Gasteiger partial charge < -0.3 is 4.57 Å². The van der Waals surface area contributed by atoms with Crippen molar-refractivity contribution in [3.05, 3.63) is 53.3 Å². The second kappa shape index (κ2) is 4.35. The molecule has 3 heteroatoms. The van der Waals surface area contributed by atoms with Crippen LogP contribution in [0.3, 0.4) is 0 Å². The number of hydrogen-bond donors (Lipinski definition) is 0.